The lowest BCUT2D eigenvalue weighted by Crippen LogP contribution is -2.32. The topological polar surface area (TPSA) is 33.2 Å². The van der Waals surface area contributed by atoms with E-state index in [4.69, 9.17) is 11.6 Å². The maximum absolute atomic E-state index is 12.5. The van der Waals surface area contributed by atoms with Crippen LogP contribution in [-0.2, 0) is 0 Å². The van der Waals surface area contributed by atoms with E-state index in [1.807, 2.05) is 38.1 Å². The smallest absolute Gasteiger partial charge is 0.272 e. The minimum Gasteiger partial charge on any atom is -0.334 e. The second kappa shape index (κ2) is 6.06. The molecule has 0 aliphatic rings. The molecule has 20 heavy (non-hydrogen) atoms. The van der Waals surface area contributed by atoms with Gasteiger partial charge in [-0.15, -0.1) is 0 Å². The molecule has 0 saturated carbocycles. The largest absolute Gasteiger partial charge is 0.334 e. The van der Waals surface area contributed by atoms with E-state index in [0.29, 0.717) is 23.9 Å². The van der Waals surface area contributed by atoms with E-state index >= 15 is 0 Å². The van der Waals surface area contributed by atoms with E-state index in [2.05, 4.69) is 11.6 Å². The maximum atomic E-state index is 12.5. The Hall–Kier alpha value is -1.87. The Labute approximate surface area is 123 Å². The number of pyridine rings is 1. The molecule has 0 atom stereocenters. The van der Waals surface area contributed by atoms with Gasteiger partial charge >= 0.3 is 0 Å². The van der Waals surface area contributed by atoms with Gasteiger partial charge < -0.3 is 4.90 Å². The molecule has 2 aromatic rings. The first kappa shape index (κ1) is 14.5. The Morgan fingerprint density at radius 1 is 1.40 bits per heavy atom. The van der Waals surface area contributed by atoms with Gasteiger partial charge in [-0.05, 0) is 25.3 Å². The van der Waals surface area contributed by atoms with E-state index in [1.165, 1.54) is 0 Å². The highest BCUT2D eigenvalue weighted by Crippen LogP contribution is 2.23. The molecular weight excluding hydrogens is 272 g/mol. The fraction of sp³-hybridized carbons (Fsp3) is 0.250. The van der Waals surface area contributed by atoms with Crippen molar-refractivity contribution in [3.05, 3.63) is 53.3 Å². The zero-order valence-electron chi connectivity index (χ0n) is 11.7. The van der Waals surface area contributed by atoms with Crippen LogP contribution in [-0.4, -0.2) is 28.9 Å². The summed E-state index contributed by atoms with van der Waals surface area (Å²) < 4.78 is 0. The molecule has 0 saturated heterocycles. The zero-order valence-corrected chi connectivity index (χ0v) is 12.4. The van der Waals surface area contributed by atoms with Gasteiger partial charge in [-0.3, -0.25) is 4.79 Å². The summed E-state index contributed by atoms with van der Waals surface area (Å²) >= 11 is 6.16. The average Bonchev–Trinajstić information content (AvgIpc) is 2.43. The van der Waals surface area contributed by atoms with Crippen molar-refractivity contribution < 1.29 is 4.79 Å². The molecule has 0 bridgehead atoms. The number of carbonyl (C=O) groups is 1. The van der Waals surface area contributed by atoms with Gasteiger partial charge in [0.25, 0.3) is 5.91 Å². The van der Waals surface area contributed by atoms with Crippen LogP contribution < -0.4 is 0 Å². The van der Waals surface area contributed by atoms with Crippen LogP contribution in [0.3, 0.4) is 0 Å². The molecule has 104 valence electrons. The number of likely N-dealkylation sites (N-methyl/N-ethyl adjacent to an activating group) is 1. The molecule has 1 aromatic carbocycles. The van der Waals surface area contributed by atoms with Gasteiger partial charge in [0.1, 0.15) is 10.8 Å². The zero-order chi connectivity index (χ0) is 14.7. The lowest BCUT2D eigenvalue weighted by atomic mass is 10.1. The number of benzene rings is 1. The van der Waals surface area contributed by atoms with Crippen LogP contribution in [0.25, 0.3) is 10.8 Å². The molecule has 0 aliphatic carbocycles. The predicted molar refractivity (Wildman–Crippen MR) is 83.1 cm³/mol. The molecule has 0 unspecified atom stereocenters. The third-order valence-corrected chi connectivity index (χ3v) is 3.33. The van der Waals surface area contributed by atoms with E-state index in [1.54, 1.807) is 11.0 Å². The Kier molecular flexibility index (Phi) is 4.40. The first-order valence-electron chi connectivity index (χ1n) is 6.52. The lowest BCUT2D eigenvalue weighted by Gasteiger charge is -2.20. The van der Waals surface area contributed by atoms with Crippen LogP contribution in [0.5, 0.6) is 0 Å². The van der Waals surface area contributed by atoms with Crippen molar-refractivity contribution in [2.75, 3.05) is 13.1 Å². The molecule has 4 heteroatoms. The summed E-state index contributed by atoms with van der Waals surface area (Å²) in [6.45, 7) is 8.82. The van der Waals surface area contributed by atoms with Crippen LogP contribution in [0.15, 0.2) is 42.5 Å². The molecular formula is C16H17ClN2O. The van der Waals surface area contributed by atoms with Crippen molar-refractivity contribution in [2.45, 2.75) is 13.8 Å². The van der Waals surface area contributed by atoms with Crippen LogP contribution >= 0.6 is 11.6 Å². The van der Waals surface area contributed by atoms with Crippen molar-refractivity contribution in [3.63, 3.8) is 0 Å². The third-order valence-electron chi connectivity index (χ3n) is 3.04. The summed E-state index contributed by atoms with van der Waals surface area (Å²) in [6.07, 6.45) is 0. The number of rotatable bonds is 4. The summed E-state index contributed by atoms with van der Waals surface area (Å²) in [4.78, 5) is 18.4. The molecule has 2 rings (SSSR count). The molecule has 3 nitrogen and oxygen atoms in total. The Bertz CT molecular complexity index is 667. The maximum Gasteiger partial charge on any atom is 0.272 e. The molecule has 1 aromatic heterocycles. The third kappa shape index (κ3) is 2.99. The number of halogens is 1. The van der Waals surface area contributed by atoms with E-state index in [0.717, 1.165) is 16.3 Å². The van der Waals surface area contributed by atoms with Gasteiger partial charge in [0.15, 0.2) is 0 Å². The standard InChI is InChI=1S/C16H17ClN2O/c1-4-19(10-11(2)3)16(20)14-9-12-7-5-6-8-13(12)15(17)18-14/h5-9H,2,4,10H2,1,3H3. The minimum atomic E-state index is -0.122. The van der Waals surface area contributed by atoms with Crippen molar-refractivity contribution >= 4 is 28.3 Å². The molecule has 1 amide bonds. The summed E-state index contributed by atoms with van der Waals surface area (Å²) in [5, 5.41) is 2.13. The van der Waals surface area contributed by atoms with Crippen LogP contribution in [0.2, 0.25) is 5.15 Å². The molecule has 0 aliphatic heterocycles. The molecule has 0 spiro atoms. The highest BCUT2D eigenvalue weighted by molar-refractivity contribution is 6.34. The van der Waals surface area contributed by atoms with E-state index in [9.17, 15) is 4.79 Å². The predicted octanol–water partition coefficient (Wildman–Crippen LogP) is 3.93. The van der Waals surface area contributed by atoms with Crippen LogP contribution in [0.4, 0.5) is 0 Å². The number of hydrogen-bond acceptors (Lipinski definition) is 2. The number of carbonyl (C=O) groups excluding carboxylic acids is 1. The van der Waals surface area contributed by atoms with Crippen molar-refractivity contribution in [1.82, 2.24) is 9.88 Å². The van der Waals surface area contributed by atoms with E-state index in [-0.39, 0.29) is 5.91 Å². The normalized spacial score (nSPS) is 10.6. The number of nitrogens with zero attached hydrogens (tertiary/aromatic N) is 2. The second-order valence-electron chi connectivity index (χ2n) is 4.80. The molecule has 0 N–H and O–H groups in total. The molecule has 1 heterocycles. The second-order valence-corrected chi connectivity index (χ2v) is 5.15. The Morgan fingerprint density at radius 3 is 2.75 bits per heavy atom. The Balaban J connectivity index is 2.41. The fourth-order valence-corrected chi connectivity index (χ4v) is 2.34. The van der Waals surface area contributed by atoms with Gasteiger partial charge in [-0.2, -0.15) is 0 Å². The van der Waals surface area contributed by atoms with Gasteiger partial charge in [0, 0.05) is 18.5 Å². The first-order valence-corrected chi connectivity index (χ1v) is 6.89. The van der Waals surface area contributed by atoms with Gasteiger partial charge in [0.05, 0.1) is 0 Å². The Morgan fingerprint density at radius 2 is 2.10 bits per heavy atom. The van der Waals surface area contributed by atoms with Crippen LogP contribution in [0, 0.1) is 0 Å². The lowest BCUT2D eigenvalue weighted by molar-refractivity contribution is 0.0772. The first-order chi connectivity index (χ1) is 9.52. The summed E-state index contributed by atoms with van der Waals surface area (Å²) in [7, 11) is 0. The SMILES string of the molecule is C=C(C)CN(CC)C(=O)c1cc2ccccc2c(Cl)n1. The number of hydrogen-bond donors (Lipinski definition) is 0. The van der Waals surface area contributed by atoms with Crippen molar-refractivity contribution in [2.24, 2.45) is 0 Å². The summed E-state index contributed by atoms with van der Waals surface area (Å²) in [6, 6.07) is 9.42. The summed E-state index contributed by atoms with van der Waals surface area (Å²) in [5.41, 5.74) is 1.31. The van der Waals surface area contributed by atoms with E-state index < -0.39 is 0 Å². The van der Waals surface area contributed by atoms with Crippen molar-refractivity contribution in [1.29, 1.82) is 0 Å². The fourth-order valence-electron chi connectivity index (χ4n) is 2.08. The van der Waals surface area contributed by atoms with Crippen molar-refractivity contribution in [3.8, 4) is 0 Å². The minimum absolute atomic E-state index is 0.122. The quantitative estimate of drug-likeness (QED) is 0.631. The number of amides is 1. The number of fused-ring (bicyclic) bond motifs is 1. The molecule has 0 radical (unpaired) electrons. The number of aromatic nitrogens is 1. The average molecular weight is 289 g/mol. The van der Waals surface area contributed by atoms with Crippen LogP contribution in [0.1, 0.15) is 24.3 Å². The van der Waals surface area contributed by atoms with Gasteiger partial charge in [-0.1, -0.05) is 48.0 Å². The molecule has 0 fully saturated rings. The highest BCUT2D eigenvalue weighted by Gasteiger charge is 2.17. The monoisotopic (exact) mass is 288 g/mol. The van der Waals surface area contributed by atoms with Gasteiger partial charge in [-0.25, -0.2) is 4.98 Å². The van der Waals surface area contributed by atoms with Gasteiger partial charge in [0.2, 0.25) is 0 Å². The summed E-state index contributed by atoms with van der Waals surface area (Å²) in [5.74, 6) is -0.122. The highest BCUT2D eigenvalue weighted by atomic mass is 35.5.